The Kier molecular flexibility index (Phi) is 3.09. The van der Waals surface area contributed by atoms with Gasteiger partial charge in [0.25, 0.3) is 5.91 Å². The maximum atomic E-state index is 11.3. The number of nitrogens with zero attached hydrogens (tertiary/aromatic N) is 1. The molecule has 1 amide bonds. The van der Waals surface area contributed by atoms with Gasteiger partial charge in [-0.2, -0.15) is 5.26 Å². The summed E-state index contributed by atoms with van der Waals surface area (Å²) >= 11 is 0. The van der Waals surface area contributed by atoms with Crippen LogP contribution in [0.5, 0.6) is 0 Å². The van der Waals surface area contributed by atoms with Crippen LogP contribution in [0, 0.1) is 11.3 Å². The molecule has 0 aliphatic carbocycles. The summed E-state index contributed by atoms with van der Waals surface area (Å²) in [7, 11) is 0. The third-order valence-electron chi connectivity index (χ3n) is 1.71. The second-order valence-corrected chi connectivity index (χ2v) is 2.65. The van der Waals surface area contributed by atoms with Crippen LogP contribution in [-0.4, -0.2) is 16.9 Å². The highest BCUT2D eigenvalue weighted by atomic mass is 16.1. The lowest BCUT2D eigenvalue weighted by atomic mass is 10.2. The van der Waals surface area contributed by atoms with Crippen molar-refractivity contribution in [2.24, 2.45) is 0 Å². The minimum Gasteiger partial charge on any atom is -0.357 e. The van der Waals surface area contributed by atoms with Crippen molar-refractivity contribution in [1.29, 1.82) is 5.26 Å². The highest BCUT2D eigenvalue weighted by molar-refractivity contribution is 5.92. The molecule has 1 heterocycles. The topological polar surface area (TPSA) is 68.7 Å². The fourth-order valence-corrected chi connectivity index (χ4v) is 0.933. The van der Waals surface area contributed by atoms with Gasteiger partial charge < -0.3 is 10.3 Å². The Labute approximate surface area is 76.6 Å². The van der Waals surface area contributed by atoms with Gasteiger partial charge in [0.2, 0.25) is 0 Å². The molecule has 0 unspecified atom stereocenters. The van der Waals surface area contributed by atoms with E-state index in [1.54, 1.807) is 18.3 Å². The van der Waals surface area contributed by atoms with Gasteiger partial charge in [-0.05, 0) is 18.6 Å². The standard InChI is InChI=1S/C9H11N3O/c1-2-7(6-10)12-9(13)8-4-3-5-11-8/h3-5,7,11H,2H2,1H3,(H,12,13)/t7-/m0/s1. The first kappa shape index (κ1) is 9.33. The molecule has 1 aromatic rings. The lowest BCUT2D eigenvalue weighted by molar-refractivity contribution is 0.0940. The third-order valence-corrected chi connectivity index (χ3v) is 1.71. The monoisotopic (exact) mass is 177 g/mol. The Morgan fingerprint density at radius 3 is 3.08 bits per heavy atom. The molecule has 13 heavy (non-hydrogen) atoms. The molecule has 1 rings (SSSR count). The first-order chi connectivity index (χ1) is 6.27. The summed E-state index contributed by atoms with van der Waals surface area (Å²) < 4.78 is 0. The van der Waals surface area contributed by atoms with E-state index in [-0.39, 0.29) is 5.91 Å². The zero-order valence-electron chi connectivity index (χ0n) is 7.37. The Morgan fingerprint density at radius 1 is 1.85 bits per heavy atom. The van der Waals surface area contributed by atoms with Gasteiger partial charge in [-0.1, -0.05) is 6.92 Å². The van der Waals surface area contributed by atoms with Gasteiger partial charge in [-0.25, -0.2) is 0 Å². The highest BCUT2D eigenvalue weighted by Crippen LogP contribution is 1.96. The molecule has 0 bridgehead atoms. The van der Waals surface area contributed by atoms with Crippen LogP contribution in [0.25, 0.3) is 0 Å². The quantitative estimate of drug-likeness (QED) is 0.724. The molecular formula is C9H11N3O. The van der Waals surface area contributed by atoms with Crippen LogP contribution in [0.3, 0.4) is 0 Å². The number of carbonyl (C=O) groups excluding carboxylic acids is 1. The van der Waals surface area contributed by atoms with Crippen molar-refractivity contribution in [3.63, 3.8) is 0 Å². The number of H-pyrrole nitrogens is 1. The summed E-state index contributed by atoms with van der Waals surface area (Å²) in [5.41, 5.74) is 0.480. The zero-order chi connectivity index (χ0) is 9.68. The van der Waals surface area contributed by atoms with Gasteiger partial charge >= 0.3 is 0 Å². The summed E-state index contributed by atoms with van der Waals surface area (Å²) in [6.07, 6.45) is 2.28. The second kappa shape index (κ2) is 4.31. The van der Waals surface area contributed by atoms with Crippen molar-refractivity contribution in [1.82, 2.24) is 10.3 Å². The number of amides is 1. The molecular weight excluding hydrogens is 166 g/mol. The first-order valence-electron chi connectivity index (χ1n) is 4.11. The van der Waals surface area contributed by atoms with Crippen LogP contribution >= 0.6 is 0 Å². The fourth-order valence-electron chi connectivity index (χ4n) is 0.933. The molecule has 1 atom stereocenters. The van der Waals surface area contributed by atoms with E-state index in [1.807, 2.05) is 13.0 Å². The number of carbonyl (C=O) groups is 1. The number of hydrogen-bond acceptors (Lipinski definition) is 2. The lowest BCUT2D eigenvalue weighted by Gasteiger charge is -2.07. The average Bonchev–Trinajstić information content (AvgIpc) is 2.66. The van der Waals surface area contributed by atoms with Crippen molar-refractivity contribution in [2.75, 3.05) is 0 Å². The second-order valence-electron chi connectivity index (χ2n) is 2.65. The molecule has 2 N–H and O–H groups in total. The number of nitrogens with one attached hydrogen (secondary N) is 2. The van der Waals surface area contributed by atoms with Crippen LogP contribution < -0.4 is 5.32 Å². The first-order valence-corrected chi connectivity index (χ1v) is 4.11. The molecule has 0 saturated carbocycles. The smallest absolute Gasteiger partial charge is 0.268 e. The number of nitriles is 1. The molecule has 1 aromatic heterocycles. The zero-order valence-corrected chi connectivity index (χ0v) is 7.37. The van der Waals surface area contributed by atoms with Gasteiger partial charge in [0.1, 0.15) is 11.7 Å². The predicted molar refractivity (Wildman–Crippen MR) is 48.0 cm³/mol. The van der Waals surface area contributed by atoms with E-state index in [0.29, 0.717) is 12.1 Å². The summed E-state index contributed by atoms with van der Waals surface area (Å²) in [6.45, 7) is 1.85. The molecule has 68 valence electrons. The van der Waals surface area contributed by atoms with E-state index >= 15 is 0 Å². The lowest BCUT2D eigenvalue weighted by Crippen LogP contribution is -2.33. The number of aromatic amines is 1. The Balaban J connectivity index is 2.57. The van der Waals surface area contributed by atoms with Crippen molar-refractivity contribution >= 4 is 5.91 Å². The van der Waals surface area contributed by atoms with Crippen molar-refractivity contribution in [3.05, 3.63) is 24.0 Å². The number of rotatable bonds is 3. The van der Waals surface area contributed by atoms with Gasteiger partial charge in [0, 0.05) is 6.20 Å². The van der Waals surface area contributed by atoms with Crippen molar-refractivity contribution < 1.29 is 4.79 Å². The maximum Gasteiger partial charge on any atom is 0.268 e. The summed E-state index contributed by atoms with van der Waals surface area (Å²) in [5, 5.41) is 11.2. The van der Waals surface area contributed by atoms with Crippen LogP contribution in [-0.2, 0) is 0 Å². The normalized spacial score (nSPS) is 11.7. The number of hydrogen-bond donors (Lipinski definition) is 2. The van der Waals surface area contributed by atoms with E-state index < -0.39 is 6.04 Å². The van der Waals surface area contributed by atoms with E-state index in [1.165, 1.54) is 0 Å². The van der Waals surface area contributed by atoms with Gasteiger partial charge in [-0.15, -0.1) is 0 Å². The molecule has 4 heteroatoms. The molecule has 0 aromatic carbocycles. The van der Waals surface area contributed by atoms with Crippen molar-refractivity contribution in [3.8, 4) is 6.07 Å². The van der Waals surface area contributed by atoms with Gasteiger partial charge in [0.05, 0.1) is 6.07 Å². The minimum absolute atomic E-state index is 0.238. The Hall–Kier alpha value is -1.76. The Bertz CT molecular complexity index is 310. The van der Waals surface area contributed by atoms with Gasteiger partial charge in [0.15, 0.2) is 0 Å². The predicted octanol–water partition coefficient (Wildman–Crippen LogP) is 1.05. The molecule has 0 fully saturated rings. The molecule has 0 saturated heterocycles. The SMILES string of the molecule is CC[C@@H](C#N)NC(=O)c1ccc[nH]1. The molecule has 0 aliphatic heterocycles. The summed E-state index contributed by atoms with van der Waals surface area (Å²) in [5.74, 6) is -0.238. The van der Waals surface area contributed by atoms with Crippen molar-refractivity contribution in [2.45, 2.75) is 19.4 Å². The fraction of sp³-hybridized carbons (Fsp3) is 0.333. The maximum absolute atomic E-state index is 11.3. The van der Waals surface area contributed by atoms with Gasteiger partial charge in [-0.3, -0.25) is 4.79 Å². The van der Waals surface area contributed by atoms with Crippen LogP contribution in [0.4, 0.5) is 0 Å². The largest absolute Gasteiger partial charge is 0.357 e. The van der Waals surface area contributed by atoms with E-state index in [4.69, 9.17) is 5.26 Å². The number of aromatic nitrogens is 1. The molecule has 4 nitrogen and oxygen atoms in total. The van der Waals surface area contributed by atoms with Crippen LogP contribution in [0.2, 0.25) is 0 Å². The highest BCUT2D eigenvalue weighted by Gasteiger charge is 2.10. The molecule has 0 aliphatic rings. The average molecular weight is 177 g/mol. The summed E-state index contributed by atoms with van der Waals surface area (Å²) in [4.78, 5) is 14.1. The molecule has 0 spiro atoms. The summed E-state index contributed by atoms with van der Waals surface area (Å²) in [6, 6.07) is 5.00. The van der Waals surface area contributed by atoms with E-state index in [0.717, 1.165) is 0 Å². The third kappa shape index (κ3) is 2.34. The minimum atomic E-state index is -0.407. The van der Waals surface area contributed by atoms with E-state index in [9.17, 15) is 4.79 Å². The van der Waals surface area contributed by atoms with Crippen LogP contribution in [0.1, 0.15) is 23.8 Å². The van der Waals surface area contributed by atoms with Crippen LogP contribution in [0.15, 0.2) is 18.3 Å². The van der Waals surface area contributed by atoms with E-state index in [2.05, 4.69) is 10.3 Å². The molecule has 0 radical (unpaired) electrons. The Morgan fingerprint density at radius 2 is 2.62 bits per heavy atom.